The van der Waals surface area contributed by atoms with Crippen LogP contribution in [0.15, 0.2) is 42.5 Å². The number of carbonyl (C=O) groups is 1. The first-order valence-electron chi connectivity index (χ1n) is 8.93. The number of nitrogens with one attached hydrogen (secondary N) is 3. The Kier molecular flexibility index (Phi) is 4.63. The van der Waals surface area contributed by atoms with Gasteiger partial charge < -0.3 is 20.4 Å². The van der Waals surface area contributed by atoms with Gasteiger partial charge in [0.1, 0.15) is 17.2 Å². The number of nitrogens with zero attached hydrogens (tertiary/aromatic N) is 1. The molecule has 140 valence electrons. The Morgan fingerprint density at radius 3 is 2.63 bits per heavy atom. The third-order valence-electron chi connectivity index (χ3n) is 5.07. The highest BCUT2D eigenvalue weighted by Crippen LogP contribution is 2.27. The molecule has 7 heteroatoms. The minimum Gasteiger partial charge on any atom is -0.368 e. The van der Waals surface area contributed by atoms with Crippen molar-refractivity contribution in [1.82, 2.24) is 15.3 Å². The normalized spacial score (nSPS) is 16.4. The van der Waals surface area contributed by atoms with Gasteiger partial charge in [0, 0.05) is 18.4 Å². The van der Waals surface area contributed by atoms with E-state index in [1.54, 1.807) is 19.2 Å². The van der Waals surface area contributed by atoms with Crippen LogP contribution in [0, 0.1) is 5.82 Å². The Morgan fingerprint density at radius 2 is 1.93 bits per heavy atom. The highest BCUT2D eigenvalue weighted by molar-refractivity contribution is 5.99. The van der Waals surface area contributed by atoms with Gasteiger partial charge in [-0.05, 0) is 68.4 Å². The summed E-state index contributed by atoms with van der Waals surface area (Å²) >= 11 is 0. The molecule has 0 atom stereocenters. The van der Waals surface area contributed by atoms with Crippen LogP contribution in [0.5, 0.6) is 0 Å². The van der Waals surface area contributed by atoms with Crippen molar-refractivity contribution >= 4 is 22.6 Å². The predicted molar refractivity (Wildman–Crippen MR) is 102 cm³/mol. The van der Waals surface area contributed by atoms with E-state index in [4.69, 9.17) is 4.74 Å². The van der Waals surface area contributed by atoms with Crippen LogP contribution in [0.2, 0.25) is 0 Å². The number of aromatic nitrogens is 2. The second kappa shape index (κ2) is 7.09. The maximum absolute atomic E-state index is 13.1. The second-order valence-corrected chi connectivity index (χ2v) is 6.73. The summed E-state index contributed by atoms with van der Waals surface area (Å²) in [5, 5.41) is 6.20. The monoisotopic (exact) mass is 368 g/mol. The molecule has 3 N–H and O–H groups in total. The molecule has 1 aromatic heterocycles. The van der Waals surface area contributed by atoms with Gasteiger partial charge in [-0.25, -0.2) is 9.37 Å². The lowest BCUT2D eigenvalue weighted by molar-refractivity contribution is -0.140. The molecule has 0 bridgehead atoms. The van der Waals surface area contributed by atoms with Crippen LogP contribution in [-0.2, 0) is 9.53 Å². The van der Waals surface area contributed by atoms with E-state index in [1.165, 1.54) is 12.1 Å². The average Bonchev–Trinajstić information content (AvgIpc) is 3.12. The molecule has 1 saturated heterocycles. The zero-order valence-electron chi connectivity index (χ0n) is 15.0. The van der Waals surface area contributed by atoms with E-state index in [-0.39, 0.29) is 11.7 Å². The molecule has 6 nitrogen and oxygen atoms in total. The molecule has 0 spiro atoms. The number of halogens is 1. The number of carbonyl (C=O) groups excluding carboxylic acids is 1. The van der Waals surface area contributed by atoms with Crippen LogP contribution in [-0.4, -0.2) is 41.7 Å². The smallest absolute Gasteiger partial charge is 0.256 e. The summed E-state index contributed by atoms with van der Waals surface area (Å²) in [6, 6.07) is 11.7. The summed E-state index contributed by atoms with van der Waals surface area (Å²) in [6.45, 7) is 1.50. The van der Waals surface area contributed by atoms with Crippen LogP contribution in [0.4, 0.5) is 10.1 Å². The fourth-order valence-corrected chi connectivity index (χ4v) is 3.43. The number of imidazole rings is 1. The number of ether oxygens (including phenoxy) is 1. The fraction of sp³-hybridized carbons (Fsp3) is 0.300. The van der Waals surface area contributed by atoms with Crippen molar-refractivity contribution in [2.75, 3.05) is 25.5 Å². The largest absolute Gasteiger partial charge is 0.368 e. The minimum atomic E-state index is -0.798. The Bertz CT molecular complexity index is 962. The number of methoxy groups -OCH3 is 1. The molecule has 2 heterocycles. The zero-order chi connectivity index (χ0) is 18.9. The molecule has 2 aromatic carbocycles. The maximum atomic E-state index is 13.1. The summed E-state index contributed by atoms with van der Waals surface area (Å²) in [4.78, 5) is 20.5. The van der Waals surface area contributed by atoms with Crippen LogP contribution in [0.3, 0.4) is 0 Å². The Morgan fingerprint density at radius 1 is 1.19 bits per heavy atom. The third kappa shape index (κ3) is 3.43. The average molecular weight is 368 g/mol. The van der Waals surface area contributed by atoms with Crippen LogP contribution in [0.25, 0.3) is 22.4 Å². The van der Waals surface area contributed by atoms with Crippen molar-refractivity contribution in [2.24, 2.45) is 0 Å². The quantitative estimate of drug-likeness (QED) is 0.661. The van der Waals surface area contributed by atoms with Crippen molar-refractivity contribution in [2.45, 2.75) is 18.4 Å². The summed E-state index contributed by atoms with van der Waals surface area (Å²) in [7, 11) is 1.58. The van der Waals surface area contributed by atoms with Crippen molar-refractivity contribution in [3.05, 3.63) is 48.3 Å². The first-order chi connectivity index (χ1) is 13.1. The van der Waals surface area contributed by atoms with Crippen LogP contribution in [0.1, 0.15) is 12.8 Å². The van der Waals surface area contributed by atoms with Gasteiger partial charge in [0.15, 0.2) is 0 Å². The van der Waals surface area contributed by atoms with Gasteiger partial charge in [-0.15, -0.1) is 0 Å². The molecule has 1 amide bonds. The number of piperidine rings is 1. The highest BCUT2D eigenvalue weighted by Gasteiger charge is 2.39. The molecular formula is C20H21FN4O2. The minimum absolute atomic E-state index is 0.135. The molecular weight excluding hydrogens is 347 g/mol. The van der Waals surface area contributed by atoms with Gasteiger partial charge in [-0.2, -0.15) is 0 Å². The first kappa shape index (κ1) is 17.6. The maximum Gasteiger partial charge on any atom is 0.256 e. The topological polar surface area (TPSA) is 79.0 Å². The van der Waals surface area contributed by atoms with E-state index in [0.29, 0.717) is 24.4 Å². The van der Waals surface area contributed by atoms with E-state index in [9.17, 15) is 9.18 Å². The molecule has 4 rings (SSSR count). The third-order valence-corrected chi connectivity index (χ3v) is 5.07. The first-order valence-corrected chi connectivity index (χ1v) is 8.93. The Balaban J connectivity index is 1.58. The Labute approximate surface area is 156 Å². The lowest BCUT2D eigenvalue weighted by atomic mass is 9.91. The Hall–Kier alpha value is -2.77. The van der Waals surface area contributed by atoms with Crippen molar-refractivity contribution in [3.63, 3.8) is 0 Å². The van der Waals surface area contributed by atoms with E-state index < -0.39 is 5.60 Å². The van der Waals surface area contributed by atoms with Gasteiger partial charge in [0.05, 0.1) is 11.0 Å². The number of amides is 1. The molecule has 1 fully saturated rings. The molecule has 0 saturated carbocycles. The van der Waals surface area contributed by atoms with Crippen molar-refractivity contribution in [1.29, 1.82) is 0 Å². The lowest BCUT2D eigenvalue weighted by Crippen LogP contribution is -2.51. The number of aromatic amines is 1. The summed E-state index contributed by atoms with van der Waals surface area (Å²) in [5.41, 5.74) is 2.25. The molecule has 0 unspecified atom stereocenters. The SMILES string of the molecule is COC1(C(=O)Nc2ccc3nc(-c4ccc(F)cc4)[nH]c3c2)CCNCC1. The van der Waals surface area contributed by atoms with Gasteiger partial charge in [-0.1, -0.05) is 0 Å². The van der Waals surface area contributed by atoms with Crippen molar-refractivity contribution in [3.8, 4) is 11.4 Å². The molecule has 0 radical (unpaired) electrons. The number of hydrogen-bond acceptors (Lipinski definition) is 4. The number of H-pyrrole nitrogens is 1. The van der Waals surface area contributed by atoms with Crippen LogP contribution >= 0.6 is 0 Å². The molecule has 27 heavy (non-hydrogen) atoms. The standard InChI is InChI=1S/C20H21FN4O2/c1-27-20(8-10-22-11-9-20)19(26)23-15-6-7-16-17(12-15)25-18(24-16)13-2-4-14(21)5-3-13/h2-7,12,22H,8-11H2,1H3,(H,23,26)(H,24,25). The second-order valence-electron chi connectivity index (χ2n) is 6.73. The summed E-state index contributed by atoms with van der Waals surface area (Å²) in [6.07, 6.45) is 1.27. The number of benzene rings is 2. The van der Waals surface area contributed by atoms with Crippen LogP contribution < -0.4 is 10.6 Å². The number of hydrogen-bond donors (Lipinski definition) is 3. The zero-order valence-corrected chi connectivity index (χ0v) is 15.0. The highest BCUT2D eigenvalue weighted by atomic mass is 19.1. The molecule has 3 aromatic rings. The number of fused-ring (bicyclic) bond motifs is 1. The van der Waals surface area contributed by atoms with E-state index in [1.807, 2.05) is 18.2 Å². The lowest BCUT2D eigenvalue weighted by Gasteiger charge is -2.34. The number of rotatable bonds is 4. The van der Waals surface area contributed by atoms with Gasteiger partial charge in [-0.3, -0.25) is 4.79 Å². The van der Waals surface area contributed by atoms with E-state index >= 15 is 0 Å². The summed E-state index contributed by atoms with van der Waals surface area (Å²) in [5.74, 6) is 0.231. The molecule has 1 aliphatic heterocycles. The van der Waals surface area contributed by atoms with Gasteiger partial charge in [0.25, 0.3) is 5.91 Å². The summed E-state index contributed by atoms with van der Waals surface area (Å²) < 4.78 is 18.7. The number of anilines is 1. The van der Waals surface area contributed by atoms with E-state index in [2.05, 4.69) is 20.6 Å². The molecule has 0 aliphatic carbocycles. The van der Waals surface area contributed by atoms with Gasteiger partial charge in [0.2, 0.25) is 0 Å². The van der Waals surface area contributed by atoms with Gasteiger partial charge >= 0.3 is 0 Å². The van der Waals surface area contributed by atoms with E-state index in [0.717, 1.165) is 29.7 Å². The van der Waals surface area contributed by atoms with Crippen molar-refractivity contribution < 1.29 is 13.9 Å². The fourth-order valence-electron chi connectivity index (χ4n) is 3.43. The predicted octanol–water partition coefficient (Wildman–Crippen LogP) is 3.08. The molecule has 1 aliphatic rings.